The van der Waals surface area contributed by atoms with Crippen LogP contribution in [-0.2, 0) is 44.7 Å². The summed E-state index contributed by atoms with van der Waals surface area (Å²) in [5.74, 6) is -1.13. The van der Waals surface area contributed by atoms with E-state index in [2.05, 4.69) is 4.18 Å². The maximum atomic E-state index is 12.2. The molecule has 0 saturated heterocycles. The fourth-order valence-corrected chi connectivity index (χ4v) is 5.45. The van der Waals surface area contributed by atoms with Crippen molar-refractivity contribution in [1.82, 2.24) is 0 Å². The van der Waals surface area contributed by atoms with Crippen molar-refractivity contribution in [3.63, 3.8) is 0 Å². The Morgan fingerprint density at radius 1 is 0.800 bits per heavy atom. The van der Waals surface area contributed by atoms with Gasteiger partial charge in [-0.1, -0.05) is 0 Å². The van der Waals surface area contributed by atoms with E-state index in [1.165, 1.54) is 0 Å². The number of rotatable bonds is 7. The minimum absolute atomic E-state index is 0.247. The normalized spacial score (nSPS) is 13.8. The fraction of sp³-hybridized carbons (Fsp3) is 0.333. The van der Waals surface area contributed by atoms with E-state index in [1.54, 1.807) is 0 Å². The molecule has 0 bridgehead atoms. The van der Waals surface area contributed by atoms with Crippen molar-refractivity contribution >= 4 is 40.5 Å². The van der Waals surface area contributed by atoms with Crippen molar-refractivity contribution in [1.29, 1.82) is 0 Å². The summed E-state index contributed by atoms with van der Waals surface area (Å²) in [5.41, 5.74) is -0.357. The molecular weight excluding hydrogens is 428 g/mol. The lowest BCUT2D eigenvalue weighted by atomic mass is 10.2. The van der Waals surface area contributed by atoms with Crippen LogP contribution < -0.4 is 0 Å². The molecule has 0 heterocycles. The van der Waals surface area contributed by atoms with E-state index in [1.807, 2.05) is 0 Å². The largest absolute Gasteiger partial charge is 0.397 e. The van der Waals surface area contributed by atoms with Crippen molar-refractivity contribution in [2.45, 2.75) is 21.6 Å². The highest BCUT2D eigenvalue weighted by Gasteiger charge is 2.29. The molecule has 0 aromatic heterocycles. The van der Waals surface area contributed by atoms with Gasteiger partial charge in [-0.05, 0) is 24.6 Å². The fourth-order valence-electron chi connectivity index (χ4n) is 1.72. The third-order valence-corrected chi connectivity index (χ3v) is 6.91. The van der Waals surface area contributed by atoms with Crippen molar-refractivity contribution < 1.29 is 51.5 Å². The molecule has 1 rings (SSSR count). The molecule has 16 heteroatoms. The summed E-state index contributed by atoms with van der Waals surface area (Å²) in [6.45, 7) is -0.0320. The molecule has 0 amide bonds. The Kier molecular flexibility index (Phi) is 6.02. The van der Waals surface area contributed by atoms with Crippen LogP contribution in [0.3, 0.4) is 0 Å². The van der Waals surface area contributed by atoms with Crippen molar-refractivity contribution in [3.8, 4) is 0 Å². The third-order valence-electron chi connectivity index (χ3n) is 2.72. The average Bonchev–Trinajstić information content (AvgIpc) is 2.33. The molecule has 0 radical (unpaired) electrons. The first-order chi connectivity index (χ1) is 11.0. The molecule has 1 aromatic rings. The molecule has 0 aliphatic rings. The van der Waals surface area contributed by atoms with Crippen LogP contribution in [-0.4, -0.2) is 59.7 Å². The molecule has 144 valence electrons. The first-order valence-electron chi connectivity index (χ1n) is 5.89. The lowest BCUT2D eigenvalue weighted by Crippen LogP contribution is -2.19. The monoisotopic (exact) mass is 440 g/mol. The Morgan fingerprint density at radius 3 is 1.68 bits per heavy atom. The number of aryl methyl sites for hydroxylation is 1. The quantitative estimate of drug-likeness (QED) is 0.440. The molecule has 0 spiro atoms. The van der Waals surface area contributed by atoms with E-state index in [9.17, 15) is 33.7 Å². The first-order valence-corrected chi connectivity index (χ1v) is 11.8. The van der Waals surface area contributed by atoms with Crippen LogP contribution in [0.15, 0.2) is 26.8 Å². The molecule has 1 aromatic carbocycles. The molecule has 0 unspecified atom stereocenters. The van der Waals surface area contributed by atoms with E-state index in [0.717, 1.165) is 6.92 Å². The van der Waals surface area contributed by atoms with Gasteiger partial charge in [-0.15, -0.1) is 0 Å². The Labute approximate surface area is 143 Å². The van der Waals surface area contributed by atoms with Crippen LogP contribution in [0.25, 0.3) is 0 Å². The average molecular weight is 440 g/mol. The van der Waals surface area contributed by atoms with Gasteiger partial charge in [0.25, 0.3) is 20.2 Å². The lowest BCUT2D eigenvalue weighted by molar-refractivity contribution is 0.283. The third kappa shape index (κ3) is 5.96. The van der Waals surface area contributed by atoms with Crippen LogP contribution >= 0.6 is 0 Å². The summed E-state index contributed by atoms with van der Waals surface area (Å²) < 4.78 is 121. The Morgan fingerprint density at radius 2 is 1.28 bits per heavy atom. The van der Waals surface area contributed by atoms with E-state index in [0.29, 0.717) is 6.07 Å². The van der Waals surface area contributed by atoms with Crippen LogP contribution in [0.1, 0.15) is 5.56 Å². The SMILES string of the molecule is Cc1cc(S(=O)(=O)CCOS(=O)(=O)O)c(S(=O)(=O)O)cc1S(=O)(=O)O. The number of sulfone groups is 1. The zero-order valence-corrected chi connectivity index (χ0v) is 15.5. The second kappa shape index (κ2) is 6.88. The second-order valence-electron chi connectivity index (χ2n) is 4.58. The van der Waals surface area contributed by atoms with Gasteiger partial charge in [-0.25, -0.2) is 12.6 Å². The predicted molar refractivity (Wildman–Crippen MR) is 80.4 cm³/mol. The standard InChI is InChI=1S/C9H12O12S4/c1-6-4-8(22(10,11)3-2-21-25(18,19)20)9(24(15,16)17)5-7(6)23(12,13)14/h4-5H,2-3H2,1H3,(H,12,13,14)(H,15,16,17)(H,18,19,20). The topological polar surface area (TPSA) is 206 Å². The van der Waals surface area contributed by atoms with Gasteiger partial charge < -0.3 is 0 Å². The molecule has 0 aliphatic carbocycles. The minimum atomic E-state index is -5.23. The van der Waals surface area contributed by atoms with E-state index in [-0.39, 0.29) is 11.6 Å². The van der Waals surface area contributed by atoms with Crippen molar-refractivity contribution in [3.05, 3.63) is 17.7 Å². The Balaban J connectivity index is 3.57. The van der Waals surface area contributed by atoms with Gasteiger partial charge in [-0.3, -0.25) is 13.7 Å². The van der Waals surface area contributed by atoms with E-state index in [4.69, 9.17) is 13.7 Å². The summed E-state index contributed by atoms with van der Waals surface area (Å²) in [6.07, 6.45) is 0. The highest BCUT2D eigenvalue weighted by molar-refractivity contribution is 7.93. The summed E-state index contributed by atoms with van der Waals surface area (Å²) in [7, 11) is -19.7. The summed E-state index contributed by atoms with van der Waals surface area (Å²) in [6, 6.07) is 0.811. The summed E-state index contributed by atoms with van der Waals surface area (Å²) in [5, 5.41) is 0. The summed E-state index contributed by atoms with van der Waals surface area (Å²) >= 11 is 0. The number of hydrogen-bond acceptors (Lipinski definition) is 9. The van der Waals surface area contributed by atoms with Gasteiger partial charge in [0.1, 0.15) is 4.90 Å². The number of benzene rings is 1. The lowest BCUT2D eigenvalue weighted by Gasteiger charge is -2.12. The molecule has 12 nitrogen and oxygen atoms in total. The van der Waals surface area contributed by atoms with E-state index >= 15 is 0 Å². The molecule has 0 saturated carbocycles. The van der Waals surface area contributed by atoms with Crippen LogP contribution in [0.2, 0.25) is 0 Å². The maximum absolute atomic E-state index is 12.2. The van der Waals surface area contributed by atoms with Gasteiger partial charge in [0.15, 0.2) is 9.84 Å². The minimum Gasteiger partial charge on any atom is -0.282 e. The van der Waals surface area contributed by atoms with Crippen LogP contribution in [0.4, 0.5) is 0 Å². The molecule has 0 aliphatic heterocycles. The molecule has 0 atom stereocenters. The second-order valence-corrected chi connectivity index (χ2v) is 10.5. The van der Waals surface area contributed by atoms with Gasteiger partial charge in [-0.2, -0.15) is 25.3 Å². The van der Waals surface area contributed by atoms with Gasteiger partial charge in [0.05, 0.1) is 22.2 Å². The van der Waals surface area contributed by atoms with Gasteiger partial charge >= 0.3 is 10.4 Å². The zero-order chi connectivity index (χ0) is 19.8. The maximum Gasteiger partial charge on any atom is 0.397 e. The van der Waals surface area contributed by atoms with Crippen molar-refractivity contribution in [2.75, 3.05) is 12.4 Å². The van der Waals surface area contributed by atoms with Crippen LogP contribution in [0, 0.1) is 6.92 Å². The highest BCUT2D eigenvalue weighted by atomic mass is 32.3. The molecule has 3 N–H and O–H groups in total. The summed E-state index contributed by atoms with van der Waals surface area (Å²) in [4.78, 5) is -3.33. The predicted octanol–water partition coefficient (Wildman–Crippen LogP) is -0.918. The Hall–Kier alpha value is -1.14. The Bertz CT molecular complexity index is 1090. The molecular formula is C9H12O12S4. The smallest absolute Gasteiger partial charge is 0.282 e. The van der Waals surface area contributed by atoms with E-state index < -0.39 is 67.5 Å². The molecule has 0 fully saturated rings. The van der Waals surface area contributed by atoms with Crippen molar-refractivity contribution in [2.24, 2.45) is 0 Å². The highest BCUT2D eigenvalue weighted by Crippen LogP contribution is 2.28. The van der Waals surface area contributed by atoms with Gasteiger partial charge in [0.2, 0.25) is 0 Å². The van der Waals surface area contributed by atoms with Gasteiger partial charge in [0, 0.05) is 0 Å². The molecule has 25 heavy (non-hydrogen) atoms. The first kappa shape index (κ1) is 21.9. The number of hydrogen-bond donors (Lipinski definition) is 3. The van der Waals surface area contributed by atoms with Crippen LogP contribution in [0.5, 0.6) is 0 Å². The zero-order valence-electron chi connectivity index (χ0n) is 12.2.